The fourth-order valence-electron chi connectivity index (χ4n) is 3.73. The summed E-state index contributed by atoms with van der Waals surface area (Å²) in [4.78, 5) is 33.8. The SMILES string of the molecule is Cc1nc(C)c(CC(=O)NCC2CCCCN2Cc2ccccc2)c(=O)[nH]1. The number of nitrogens with zero attached hydrogens (tertiary/aromatic N) is 2. The van der Waals surface area contributed by atoms with Gasteiger partial charge in [-0.15, -0.1) is 0 Å². The molecule has 1 aromatic heterocycles. The first-order chi connectivity index (χ1) is 13.0. The summed E-state index contributed by atoms with van der Waals surface area (Å²) in [5.41, 5.74) is 2.14. The minimum atomic E-state index is -0.224. The molecule has 144 valence electrons. The maximum Gasteiger partial charge on any atom is 0.254 e. The number of hydrogen-bond donors (Lipinski definition) is 2. The van der Waals surface area contributed by atoms with Gasteiger partial charge in [0.1, 0.15) is 5.82 Å². The summed E-state index contributed by atoms with van der Waals surface area (Å²) in [6.45, 7) is 6.08. The average molecular weight is 368 g/mol. The number of nitrogens with one attached hydrogen (secondary N) is 2. The van der Waals surface area contributed by atoms with Gasteiger partial charge in [-0.05, 0) is 38.8 Å². The van der Waals surface area contributed by atoms with E-state index in [0.29, 0.717) is 29.7 Å². The van der Waals surface area contributed by atoms with E-state index < -0.39 is 0 Å². The van der Waals surface area contributed by atoms with Gasteiger partial charge in [-0.3, -0.25) is 14.5 Å². The van der Waals surface area contributed by atoms with Crippen molar-refractivity contribution in [2.75, 3.05) is 13.1 Å². The third-order valence-corrected chi connectivity index (χ3v) is 5.19. The van der Waals surface area contributed by atoms with E-state index in [9.17, 15) is 9.59 Å². The van der Waals surface area contributed by atoms with Crippen molar-refractivity contribution in [3.05, 3.63) is 63.3 Å². The number of benzene rings is 1. The summed E-state index contributed by atoms with van der Waals surface area (Å²) in [5, 5.41) is 3.02. The van der Waals surface area contributed by atoms with Crippen molar-refractivity contribution in [3.8, 4) is 0 Å². The first-order valence-electron chi connectivity index (χ1n) is 9.64. The first kappa shape index (κ1) is 19.3. The Labute approximate surface area is 160 Å². The second-order valence-electron chi connectivity index (χ2n) is 7.30. The van der Waals surface area contributed by atoms with Crippen LogP contribution in [0.1, 0.15) is 41.9 Å². The van der Waals surface area contributed by atoms with E-state index in [-0.39, 0.29) is 17.9 Å². The van der Waals surface area contributed by atoms with Crippen molar-refractivity contribution >= 4 is 5.91 Å². The molecule has 0 bridgehead atoms. The van der Waals surface area contributed by atoms with Gasteiger partial charge in [0, 0.05) is 30.4 Å². The lowest BCUT2D eigenvalue weighted by Crippen LogP contribution is -2.46. The summed E-state index contributed by atoms with van der Waals surface area (Å²) in [6.07, 6.45) is 3.53. The Morgan fingerprint density at radius 1 is 1.26 bits per heavy atom. The highest BCUT2D eigenvalue weighted by Crippen LogP contribution is 2.19. The van der Waals surface area contributed by atoms with Crippen LogP contribution < -0.4 is 10.9 Å². The number of amides is 1. The second kappa shape index (κ2) is 8.95. The van der Waals surface area contributed by atoms with Crippen molar-refractivity contribution in [1.29, 1.82) is 0 Å². The Balaban J connectivity index is 1.57. The lowest BCUT2D eigenvalue weighted by molar-refractivity contribution is -0.120. The Hall–Kier alpha value is -2.47. The van der Waals surface area contributed by atoms with Gasteiger partial charge >= 0.3 is 0 Å². The molecule has 3 rings (SSSR count). The maximum absolute atomic E-state index is 12.4. The molecule has 1 aliphatic heterocycles. The molecular formula is C21H28N4O2. The minimum Gasteiger partial charge on any atom is -0.354 e. The maximum atomic E-state index is 12.4. The third kappa shape index (κ3) is 5.26. The van der Waals surface area contributed by atoms with Gasteiger partial charge in [-0.25, -0.2) is 4.98 Å². The van der Waals surface area contributed by atoms with Gasteiger partial charge in [0.05, 0.1) is 6.42 Å². The predicted molar refractivity (Wildman–Crippen MR) is 106 cm³/mol. The summed E-state index contributed by atoms with van der Waals surface area (Å²) >= 11 is 0. The van der Waals surface area contributed by atoms with Gasteiger partial charge in [-0.1, -0.05) is 36.8 Å². The van der Waals surface area contributed by atoms with Crippen molar-refractivity contribution in [3.63, 3.8) is 0 Å². The number of piperidine rings is 1. The molecule has 0 aliphatic carbocycles. The van der Waals surface area contributed by atoms with Gasteiger partial charge in [-0.2, -0.15) is 0 Å². The van der Waals surface area contributed by atoms with Crippen LogP contribution in [0.15, 0.2) is 35.1 Å². The van der Waals surface area contributed by atoms with Crippen molar-refractivity contribution in [2.24, 2.45) is 0 Å². The van der Waals surface area contributed by atoms with Gasteiger partial charge in [0.2, 0.25) is 5.91 Å². The molecule has 2 aromatic rings. The van der Waals surface area contributed by atoms with Crippen LogP contribution in [0.4, 0.5) is 0 Å². The number of aromatic nitrogens is 2. The number of aryl methyl sites for hydroxylation is 2. The van der Waals surface area contributed by atoms with E-state index in [0.717, 1.165) is 19.5 Å². The van der Waals surface area contributed by atoms with Crippen LogP contribution in [0.2, 0.25) is 0 Å². The van der Waals surface area contributed by atoms with Crippen LogP contribution in [0.5, 0.6) is 0 Å². The molecule has 1 amide bonds. The molecule has 0 radical (unpaired) electrons. The molecule has 1 aliphatic rings. The number of hydrogen-bond acceptors (Lipinski definition) is 4. The zero-order valence-corrected chi connectivity index (χ0v) is 16.1. The predicted octanol–water partition coefficient (Wildman–Crippen LogP) is 2.10. The van der Waals surface area contributed by atoms with Crippen LogP contribution in [-0.4, -0.2) is 39.9 Å². The third-order valence-electron chi connectivity index (χ3n) is 5.19. The van der Waals surface area contributed by atoms with Crippen LogP contribution in [0.3, 0.4) is 0 Å². The molecule has 1 atom stereocenters. The first-order valence-corrected chi connectivity index (χ1v) is 9.64. The number of carbonyl (C=O) groups is 1. The molecular weight excluding hydrogens is 340 g/mol. The molecule has 1 aromatic carbocycles. The molecule has 6 nitrogen and oxygen atoms in total. The second-order valence-corrected chi connectivity index (χ2v) is 7.30. The number of carbonyl (C=O) groups excluding carboxylic acids is 1. The zero-order valence-electron chi connectivity index (χ0n) is 16.1. The fraction of sp³-hybridized carbons (Fsp3) is 0.476. The number of aromatic amines is 1. The van der Waals surface area contributed by atoms with E-state index in [2.05, 4.69) is 44.5 Å². The van der Waals surface area contributed by atoms with E-state index >= 15 is 0 Å². The Bertz CT molecular complexity index is 832. The molecule has 0 spiro atoms. The number of likely N-dealkylation sites (tertiary alicyclic amines) is 1. The molecule has 1 unspecified atom stereocenters. The molecule has 1 fully saturated rings. The van der Waals surface area contributed by atoms with Gasteiger partial charge in [0.25, 0.3) is 5.56 Å². The molecule has 2 heterocycles. The fourth-order valence-corrected chi connectivity index (χ4v) is 3.73. The summed E-state index contributed by atoms with van der Waals surface area (Å²) in [7, 11) is 0. The Morgan fingerprint density at radius 2 is 2.04 bits per heavy atom. The average Bonchev–Trinajstić information content (AvgIpc) is 2.65. The lowest BCUT2D eigenvalue weighted by atomic mass is 10.0. The quantitative estimate of drug-likeness (QED) is 0.819. The number of H-pyrrole nitrogens is 1. The normalized spacial score (nSPS) is 17.6. The summed E-state index contributed by atoms with van der Waals surface area (Å²) < 4.78 is 0. The standard InChI is InChI=1S/C21H28N4O2/c1-15-19(21(27)24-16(2)23-15)12-20(26)22-13-18-10-6-7-11-25(18)14-17-8-4-3-5-9-17/h3-5,8-9,18H,6-7,10-14H2,1-2H3,(H,22,26)(H,23,24,27). The van der Waals surface area contributed by atoms with E-state index in [1.807, 2.05) is 6.07 Å². The highest BCUT2D eigenvalue weighted by molar-refractivity contribution is 5.78. The molecule has 2 N–H and O–H groups in total. The van der Waals surface area contributed by atoms with E-state index in [4.69, 9.17) is 0 Å². The van der Waals surface area contributed by atoms with Gasteiger partial charge in [0.15, 0.2) is 0 Å². The van der Waals surface area contributed by atoms with Crippen molar-refractivity contribution in [1.82, 2.24) is 20.2 Å². The minimum absolute atomic E-state index is 0.0693. The molecule has 6 heteroatoms. The lowest BCUT2D eigenvalue weighted by Gasteiger charge is -2.36. The van der Waals surface area contributed by atoms with Crippen molar-refractivity contribution < 1.29 is 4.79 Å². The van der Waals surface area contributed by atoms with Crippen LogP contribution in [0.25, 0.3) is 0 Å². The monoisotopic (exact) mass is 368 g/mol. The van der Waals surface area contributed by atoms with Crippen molar-refractivity contribution in [2.45, 2.75) is 52.1 Å². The Morgan fingerprint density at radius 3 is 2.78 bits per heavy atom. The summed E-state index contributed by atoms with van der Waals surface area (Å²) in [5.74, 6) is 0.444. The molecule has 27 heavy (non-hydrogen) atoms. The van der Waals surface area contributed by atoms with Crippen LogP contribution in [0, 0.1) is 13.8 Å². The zero-order chi connectivity index (χ0) is 19.2. The Kier molecular flexibility index (Phi) is 6.40. The summed E-state index contributed by atoms with van der Waals surface area (Å²) in [6, 6.07) is 10.8. The van der Waals surface area contributed by atoms with Crippen LogP contribution >= 0.6 is 0 Å². The molecule has 0 saturated carbocycles. The number of rotatable bonds is 6. The smallest absolute Gasteiger partial charge is 0.254 e. The topological polar surface area (TPSA) is 78.1 Å². The highest BCUT2D eigenvalue weighted by atomic mass is 16.2. The highest BCUT2D eigenvalue weighted by Gasteiger charge is 2.23. The van der Waals surface area contributed by atoms with Gasteiger partial charge < -0.3 is 10.3 Å². The molecule has 1 saturated heterocycles. The largest absolute Gasteiger partial charge is 0.354 e. The van der Waals surface area contributed by atoms with E-state index in [1.165, 1.54) is 18.4 Å². The van der Waals surface area contributed by atoms with E-state index in [1.54, 1.807) is 13.8 Å². The van der Waals surface area contributed by atoms with Crippen LogP contribution in [-0.2, 0) is 17.8 Å².